The molecule has 5 aliphatic heterocycles. The maximum absolute atomic E-state index is 14.9. The van der Waals surface area contributed by atoms with Crippen LogP contribution < -0.4 is 9.80 Å². The molecular formula is C55H56F2N10O2. The van der Waals surface area contributed by atoms with Gasteiger partial charge in [0, 0.05) is 90.4 Å². The topological polar surface area (TPSA) is 96.2 Å². The number of imidazole rings is 2. The number of anilines is 2. The Kier molecular flexibility index (Phi) is 11.0. The van der Waals surface area contributed by atoms with Gasteiger partial charge in [0.05, 0.1) is 74.1 Å². The number of aryl methyl sites for hydroxylation is 1. The van der Waals surface area contributed by atoms with Crippen LogP contribution in [0, 0.1) is 23.5 Å². The molecule has 12 nitrogen and oxygen atoms in total. The molecule has 0 N–H and O–H groups in total. The zero-order chi connectivity index (χ0) is 46.8. The highest BCUT2D eigenvalue weighted by Crippen LogP contribution is 2.48. The first-order valence-electron chi connectivity index (χ1n) is 24.3. The summed E-state index contributed by atoms with van der Waals surface area (Å²) in [6.45, 7) is 8.98. The van der Waals surface area contributed by atoms with Crippen LogP contribution in [0.5, 0.6) is 0 Å². The van der Waals surface area contributed by atoms with Crippen molar-refractivity contribution in [2.24, 2.45) is 18.9 Å². The highest BCUT2D eigenvalue weighted by atomic mass is 19.1. The molecule has 9 heterocycles. The lowest BCUT2D eigenvalue weighted by molar-refractivity contribution is -0.139. The highest BCUT2D eigenvalue weighted by molar-refractivity contribution is 5.71. The van der Waals surface area contributed by atoms with E-state index in [-0.39, 0.29) is 29.8 Å². The first kappa shape index (κ1) is 43.4. The molecule has 4 aromatic carbocycles. The van der Waals surface area contributed by atoms with Gasteiger partial charge < -0.3 is 28.4 Å². The fraction of sp³-hybridized carbons (Fsp3) is 0.345. The molecule has 0 spiro atoms. The van der Waals surface area contributed by atoms with Gasteiger partial charge in [0.1, 0.15) is 17.7 Å². The van der Waals surface area contributed by atoms with Crippen molar-refractivity contribution in [3.63, 3.8) is 0 Å². The number of hydrogen-bond acceptors (Lipinski definition) is 8. The van der Waals surface area contributed by atoms with Gasteiger partial charge >= 0.3 is 0 Å². The average Bonchev–Trinajstić information content (AvgIpc) is 4.24. The molecule has 0 radical (unpaired) electrons. The second-order valence-corrected chi connectivity index (χ2v) is 19.7. The van der Waals surface area contributed by atoms with Crippen LogP contribution in [0.1, 0.15) is 62.7 Å². The van der Waals surface area contributed by atoms with E-state index in [1.807, 2.05) is 86.0 Å². The molecule has 69 heavy (non-hydrogen) atoms. The van der Waals surface area contributed by atoms with E-state index in [1.165, 1.54) is 16.9 Å². The number of benzene rings is 4. The van der Waals surface area contributed by atoms with Crippen molar-refractivity contribution in [1.29, 1.82) is 0 Å². The van der Waals surface area contributed by atoms with E-state index in [0.717, 1.165) is 102 Å². The summed E-state index contributed by atoms with van der Waals surface area (Å²) in [4.78, 5) is 13.6. The van der Waals surface area contributed by atoms with Gasteiger partial charge in [-0.25, -0.2) is 18.7 Å². The summed E-state index contributed by atoms with van der Waals surface area (Å²) in [5, 5.41) is 8.79. The van der Waals surface area contributed by atoms with Crippen LogP contribution in [-0.4, -0.2) is 83.3 Å². The number of nitrogens with zero attached hydrogens (tertiary/aromatic N) is 10. The van der Waals surface area contributed by atoms with E-state index in [9.17, 15) is 8.78 Å². The number of rotatable bonds is 8. The standard InChI is InChI=1S/C30H32FN5O2.C25H24FN5/c1-30(2)37-18-24(38-30)17-35-16-22(14-33-35)20-6-8-23(9-7-20)34-12-10-21(11-13-34)29-28-25(4-3-5-26(28)31)27-15-32-19-36(27)29;1-29-15-19(13-28-29)17-5-7-20(8-6-17)30-11-9-18(10-12-30)25-24-21(3-2-4-22(24)26)23-14-27-16-31(23)25/h3-9,14-16,19,21,24,29H,10-13,17-18H2,1-2H3;2-8,13-16,18,25H,9-12H2,1H3/t;25-/m.0/s1. The van der Waals surface area contributed by atoms with Crippen LogP contribution in [0.3, 0.4) is 0 Å². The molecular weight excluding hydrogens is 871 g/mol. The zero-order valence-electron chi connectivity index (χ0n) is 39.2. The molecule has 352 valence electrons. The molecule has 8 aromatic rings. The third-order valence-corrected chi connectivity index (χ3v) is 15.1. The summed E-state index contributed by atoms with van der Waals surface area (Å²) >= 11 is 0. The number of hydrogen-bond donors (Lipinski definition) is 0. The van der Waals surface area contributed by atoms with Gasteiger partial charge in [-0.2, -0.15) is 10.2 Å². The Hall–Kier alpha value is -6.90. The highest BCUT2D eigenvalue weighted by Gasteiger charge is 2.40. The molecule has 3 atom stereocenters. The van der Waals surface area contributed by atoms with Crippen molar-refractivity contribution >= 4 is 11.4 Å². The molecule has 13 rings (SSSR count). The Labute approximate surface area is 400 Å². The quantitative estimate of drug-likeness (QED) is 0.149. The minimum atomic E-state index is -0.523. The fourth-order valence-electron chi connectivity index (χ4n) is 11.7. The number of ether oxygens (including phenoxy) is 2. The van der Waals surface area contributed by atoms with Crippen LogP contribution in [-0.2, 0) is 23.1 Å². The maximum Gasteiger partial charge on any atom is 0.163 e. The lowest BCUT2D eigenvalue weighted by Crippen LogP contribution is -2.36. The molecule has 14 heteroatoms. The van der Waals surface area contributed by atoms with Crippen molar-refractivity contribution in [3.8, 4) is 44.8 Å². The molecule has 0 bridgehead atoms. The van der Waals surface area contributed by atoms with Crippen LogP contribution >= 0.6 is 0 Å². The van der Waals surface area contributed by atoms with Gasteiger partial charge in [0.2, 0.25) is 0 Å². The summed E-state index contributed by atoms with van der Waals surface area (Å²) in [5.41, 5.74) is 12.7. The molecule has 2 unspecified atom stereocenters. The molecule has 3 fully saturated rings. The second kappa shape index (κ2) is 17.6. The summed E-state index contributed by atoms with van der Waals surface area (Å²) in [5.74, 6) is 0.0509. The average molecular weight is 927 g/mol. The summed E-state index contributed by atoms with van der Waals surface area (Å²) in [6.07, 6.45) is 19.4. The molecule has 5 aliphatic rings. The lowest BCUT2D eigenvalue weighted by Gasteiger charge is -2.37. The fourth-order valence-corrected chi connectivity index (χ4v) is 11.7. The molecule has 0 saturated carbocycles. The van der Waals surface area contributed by atoms with Gasteiger partial charge in [-0.1, -0.05) is 48.5 Å². The van der Waals surface area contributed by atoms with Crippen LogP contribution in [0.15, 0.2) is 135 Å². The smallest absolute Gasteiger partial charge is 0.163 e. The van der Waals surface area contributed by atoms with Gasteiger partial charge in [0.25, 0.3) is 0 Å². The zero-order valence-corrected chi connectivity index (χ0v) is 39.2. The first-order chi connectivity index (χ1) is 33.6. The maximum atomic E-state index is 14.9. The predicted octanol–water partition coefficient (Wildman–Crippen LogP) is 10.4. The summed E-state index contributed by atoms with van der Waals surface area (Å²) < 4.78 is 49.4. The molecule has 4 aromatic heterocycles. The Morgan fingerprint density at radius 1 is 0.594 bits per heavy atom. The Morgan fingerprint density at radius 2 is 1.09 bits per heavy atom. The Bertz CT molecular complexity index is 3100. The number of piperidine rings is 2. The van der Waals surface area contributed by atoms with Crippen molar-refractivity contribution in [2.75, 3.05) is 42.6 Å². The largest absolute Gasteiger partial charge is 0.372 e. The summed E-state index contributed by atoms with van der Waals surface area (Å²) in [7, 11) is 1.93. The third kappa shape index (κ3) is 8.12. The SMILES string of the molecule is CC1(C)OCC(Cn2cc(-c3ccc(N4CCC(C5c6c(F)cccc6-c6cncn65)CC4)cc3)cn2)O1.Cn1cc(-c2ccc(N3CCC([C@H]4c5c(F)cccc5-c5cncn54)CC3)cc2)cn1. The Balaban J connectivity index is 0.000000146. The second-order valence-electron chi connectivity index (χ2n) is 19.7. The van der Waals surface area contributed by atoms with Crippen LogP contribution in [0.25, 0.3) is 44.8 Å². The van der Waals surface area contributed by atoms with Crippen molar-refractivity contribution in [2.45, 2.75) is 70.1 Å². The van der Waals surface area contributed by atoms with E-state index in [1.54, 1.807) is 24.3 Å². The van der Waals surface area contributed by atoms with E-state index in [4.69, 9.17) is 9.47 Å². The predicted molar refractivity (Wildman–Crippen MR) is 263 cm³/mol. The minimum absolute atomic E-state index is 0.0117. The van der Waals surface area contributed by atoms with Crippen molar-refractivity contribution in [1.82, 2.24) is 38.7 Å². The van der Waals surface area contributed by atoms with Gasteiger partial charge in [-0.05, 0) is 98.9 Å². The summed E-state index contributed by atoms with van der Waals surface area (Å²) in [6, 6.07) is 28.3. The lowest BCUT2D eigenvalue weighted by atomic mass is 9.85. The first-order valence-corrected chi connectivity index (χ1v) is 24.3. The van der Waals surface area contributed by atoms with Crippen molar-refractivity contribution < 1.29 is 18.3 Å². The Morgan fingerprint density at radius 3 is 1.55 bits per heavy atom. The third-order valence-electron chi connectivity index (χ3n) is 15.1. The molecule has 3 saturated heterocycles. The van der Waals surface area contributed by atoms with Crippen LogP contribution in [0.4, 0.5) is 20.2 Å². The van der Waals surface area contributed by atoms with E-state index < -0.39 is 5.79 Å². The van der Waals surface area contributed by atoms with E-state index in [0.29, 0.717) is 25.0 Å². The number of aromatic nitrogens is 8. The van der Waals surface area contributed by atoms with Gasteiger partial charge in [-0.3, -0.25) is 9.36 Å². The van der Waals surface area contributed by atoms with Gasteiger partial charge in [-0.15, -0.1) is 0 Å². The van der Waals surface area contributed by atoms with Crippen LogP contribution in [0.2, 0.25) is 0 Å². The monoisotopic (exact) mass is 926 g/mol. The normalized spacial score (nSPS) is 20.6. The van der Waals surface area contributed by atoms with E-state index >= 15 is 0 Å². The number of fused-ring (bicyclic) bond motifs is 6. The van der Waals surface area contributed by atoms with E-state index in [2.05, 4.69) is 93.8 Å². The van der Waals surface area contributed by atoms with Gasteiger partial charge in [0.15, 0.2) is 5.79 Å². The number of halogens is 2. The molecule has 0 amide bonds. The molecule has 0 aliphatic carbocycles. The van der Waals surface area contributed by atoms with Crippen molar-refractivity contribution in [3.05, 3.63) is 158 Å². The minimum Gasteiger partial charge on any atom is -0.372 e.